The fourth-order valence-corrected chi connectivity index (χ4v) is 6.51. The molecule has 0 radical (unpaired) electrons. The Morgan fingerprint density at radius 1 is 0.757 bits per heavy atom. The molecule has 4 aromatic carbocycles. The number of sulfone groups is 1. The van der Waals surface area contributed by atoms with E-state index < -0.39 is 25.6 Å². The molecule has 4 aromatic rings. The van der Waals surface area contributed by atoms with Crippen molar-refractivity contribution in [3.05, 3.63) is 113 Å². The van der Waals surface area contributed by atoms with Crippen LogP contribution in [0, 0.1) is 20.8 Å². The maximum atomic E-state index is 13.5. The summed E-state index contributed by atoms with van der Waals surface area (Å²) in [7, 11) is -8.17. The van der Waals surface area contributed by atoms with Crippen LogP contribution in [-0.4, -0.2) is 27.8 Å². The van der Waals surface area contributed by atoms with Crippen LogP contribution in [0.3, 0.4) is 0 Å². The molecule has 37 heavy (non-hydrogen) atoms. The zero-order valence-corrected chi connectivity index (χ0v) is 22.1. The maximum absolute atomic E-state index is 13.5. The Bertz CT molecular complexity index is 1680. The van der Waals surface area contributed by atoms with Gasteiger partial charge in [0.05, 0.1) is 9.79 Å². The zero-order valence-electron chi connectivity index (χ0n) is 20.5. The highest BCUT2D eigenvalue weighted by atomic mass is 32.2. The average Bonchev–Trinajstić information content (AvgIpc) is 2.87. The largest absolute Gasteiger partial charge is 0.507 e. The van der Waals surface area contributed by atoms with E-state index in [0.717, 1.165) is 5.56 Å². The van der Waals surface area contributed by atoms with Crippen LogP contribution in [0.25, 0.3) is 0 Å². The first kappa shape index (κ1) is 26.1. The highest BCUT2D eigenvalue weighted by Crippen LogP contribution is 2.38. The molecule has 0 bridgehead atoms. The first-order valence-corrected chi connectivity index (χ1v) is 14.3. The van der Waals surface area contributed by atoms with Crippen LogP contribution in [0.4, 0.5) is 5.69 Å². The molecule has 2 N–H and O–H groups in total. The minimum absolute atomic E-state index is 0.0139. The molecule has 190 valence electrons. The monoisotopic (exact) mass is 534 g/mol. The van der Waals surface area contributed by atoms with E-state index in [1.54, 1.807) is 74.5 Å². The third kappa shape index (κ3) is 5.42. The number of benzene rings is 4. The summed E-state index contributed by atoms with van der Waals surface area (Å²) in [6.07, 6.45) is 0. The highest BCUT2D eigenvalue weighted by molar-refractivity contribution is 7.91. The van der Waals surface area contributed by atoms with Crippen molar-refractivity contribution in [2.24, 2.45) is 4.40 Å². The van der Waals surface area contributed by atoms with Gasteiger partial charge < -0.3 is 10.4 Å². The van der Waals surface area contributed by atoms with Gasteiger partial charge in [0.15, 0.2) is 5.84 Å². The lowest BCUT2D eigenvalue weighted by molar-refractivity contribution is 0.457. The van der Waals surface area contributed by atoms with Gasteiger partial charge in [0.2, 0.25) is 9.84 Å². The average molecular weight is 535 g/mol. The molecule has 0 aliphatic heterocycles. The van der Waals surface area contributed by atoms with Gasteiger partial charge in [0, 0.05) is 11.3 Å². The van der Waals surface area contributed by atoms with Crippen LogP contribution >= 0.6 is 0 Å². The molecule has 0 aromatic heterocycles. The molecule has 9 heteroatoms. The molecule has 0 aliphatic carbocycles. The van der Waals surface area contributed by atoms with Crippen molar-refractivity contribution in [2.45, 2.75) is 35.5 Å². The van der Waals surface area contributed by atoms with Gasteiger partial charge >= 0.3 is 0 Å². The molecule has 0 atom stereocenters. The van der Waals surface area contributed by atoms with Crippen molar-refractivity contribution >= 4 is 31.4 Å². The number of nitrogens with one attached hydrogen (secondary N) is 1. The molecule has 4 rings (SSSR count). The fraction of sp³-hybridized carbons (Fsp3) is 0.107. The number of hydrogen-bond acceptors (Lipinski definition) is 5. The van der Waals surface area contributed by atoms with E-state index in [4.69, 9.17) is 0 Å². The molecular weight excluding hydrogens is 508 g/mol. The van der Waals surface area contributed by atoms with E-state index in [1.165, 1.54) is 30.3 Å². The molecule has 0 heterocycles. The van der Waals surface area contributed by atoms with E-state index in [-0.39, 0.29) is 26.1 Å². The Labute approximate surface area is 217 Å². The smallest absolute Gasteiger partial charge is 0.284 e. The first-order valence-electron chi connectivity index (χ1n) is 11.4. The predicted octanol–water partition coefficient (Wildman–Crippen LogP) is 5.40. The lowest BCUT2D eigenvalue weighted by Gasteiger charge is -2.19. The number of hydrogen-bond donors (Lipinski definition) is 2. The molecule has 0 spiro atoms. The Balaban J connectivity index is 1.88. The van der Waals surface area contributed by atoms with E-state index in [1.807, 2.05) is 6.92 Å². The van der Waals surface area contributed by atoms with Crippen LogP contribution in [0.5, 0.6) is 5.75 Å². The van der Waals surface area contributed by atoms with E-state index in [2.05, 4.69) is 9.71 Å². The first-order chi connectivity index (χ1) is 17.5. The second kappa shape index (κ2) is 10.2. The normalized spacial score (nSPS) is 12.4. The van der Waals surface area contributed by atoms with Gasteiger partial charge in [-0.25, -0.2) is 8.42 Å². The van der Waals surface area contributed by atoms with Crippen molar-refractivity contribution in [3.8, 4) is 5.75 Å². The predicted molar refractivity (Wildman–Crippen MR) is 144 cm³/mol. The van der Waals surface area contributed by atoms with E-state index in [9.17, 15) is 21.9 Å². The topological polar surface area (TPSA) is 113 Å². The van der Waals surface area contributed by atoms with Crippen molar-refractivity contribution in [2.75, 3.05) is 5.32 Å². The quantitative estimate of drug-likeness (QED) is 0.195. The number of phenols is 1. The Morgan fingerprint density at radius 2 is 1.32 bits per heavy atom. The number of aryl methyl sites for hydroxylation is 2. The number of rotatable bonds is 6. The summed E-state index contributed by atoms with van der Waals surface area (Å²) in [6, 6.07) is 24.2. The second-order valence-corrected chi connectivity index (χ2v) is 12.1. The van der Waals surface area contributed by atoms with Gasteiger partial charge in [0.1, 0.15) is 10.6 Å². The lowest BCUT2D eigenvalue weighted by Crippen LogP contribution is -2.19. The summed E-state index contributed by atoms with van der Waals surface area (Å²) in [5, 5.41) is 13.8. The maximum Gasteiger partial charge on any atom is 0.284 e. The summed E-state index contributed by atoms with van der Waals surface area (Å²) < 4.78 is 57.3. The Kier molecular flexibility index (Phi) is 7.20. The number of phenolic OH excluding ortho intramolecular Hbond substituents is 1. The summed E-state index contributed by atoms with van der Waals surface area (Å²) in [4.78, 5) is -0.204. The third-order valence-electron chi connectivity index (χ3n) is 5.84. The molecule has 0 saturated carbocycles. The fourth-order valence-electron chi connectivity index (χ4n) is 3.94. The number of sulfonamides is 1. The van der Waals surface area contributed by atoms with Crippen LogP contribution in [0.15, 0.2) is 110 Å². The molecular formula is C28H26N2O5S2. The second-order valence-electron chi connectivity index (χ2n) is 8.58. The standard InChI is InChI=1S/C28H26N2O5S2/c1-19-14-16-23(17-15-19)36(32,33)27-21(3)26(20(2)18-25(27)31)29-28(22-10-6-4-7-11-22)30-37(34,35)24-12-8-5-9-13-24/h4-18,31H,1-3H3,(H,29,30). The van der Waals surface area contributed by atoms with Crippen LogP contribution in [0.1, 0.15) is 22.3 Å². The Morgan fingerprint density at radius 3 is 1.92 bits per heavy atom. The lowest BCUT2D eigenvalue weighted by atomic mass is 10.1. The van der Waals surface area contributed by atoms with E-state index >= 15 is 0 Å². The summed E-state index contributed by atoms with van der Waals surface area (Å²) in [5.41, 5.74) is 2.46. The number of anilines is 1. The summed E-state index contributed by atoms with van der Waals surface area (Å²) >= 11 is 0. The summed E-state index contributed by atoms with van der Waals surface area (Å²) in [6.45, 7) is 5.09. The van der Waals surface area contributed by atoms with Gasteiger partial charge in [-0.3, -0.25) is 0 Å². The summed E-state index contributed by atoms with van der Waals surface area (Å²) in [5.74, 6) is -0.378. The minimum atomic E-state index is -4.09. The number of nitrogens with zero attached hydrogens (tertiary/aromatic N) is 1. The molecule has 7 nitrogen and oxygen atoms in total. The Hall–Kier alpha value is -3.95. The van der Waals surface area contributed by atoms with Crippen molar-refractivity contribution in [3.63, 3.8) is 0 Å². The van der Waals surface area contributed by atoms with Crippen molar-refractivity contribution in [1.29, 1.82) is 0 Å². The van der Waals surface area contributed by atoms with Crippen LogP contribution < -0.4 is 5.32 Å². The highest BCUT2D eigenvalue weighted by Gasteiger charge is 2.27. The number of amidine groups is 1. The molecule has 0 unspecified atom stereocenters. The van der Waals surface area contributed by atoms with Gasteiger partial charge in [0.25, 0.3) is 10.0 Å². The van der Waals surface area contributed by atoms with Crippen molar-refractivity contribution < 1.29 is 21.9 Å². The van der Waals surface area contributed by atoms with Gasteiger partial charge in [-0.2, -0.15) is 8.42 Å². The third-order valence-corrected chi connectivity index (χ3v) is 9.08. The van der Waals surface area contributed by atoms with Gasteiger partial charge in [-0.05, 0) is 62.2 Å². The minimum Gasteiger partial charge on any atom is -0.507 e. The zero-order chi connectivity index (χ0) is 26.8. The molecule has 0 fully saturated rings. The number of aromatic hydroxyl groups is 1. The van der Waals surface area contributed by atoms with Crippen molar-refractivity contribution in [1.82, 2.24) is 0 Å². The van der Waals surface area contributed by atoms with Gasteiger partial charge in [-0.15, -0.1) is 4.40 Å². The molecule has 0 amide bonds. The van der Waals surface area contributed by atoms with Gasteiger partial charge in [-0.1, -0.05) is 66.2 Å². The molecule has 0 aliphatic rings. The molecule has 0 saturated heterocycles. The van der Waals surface area contributed by atoms with E-state index in [0.29, 0.717) is 16.8 Å². The SMILES string of the molecule is Cc1ccc(S(=O)(=O)c2c(O)cc(C)c(NC(=NS(=O)(=O)c3ccccc3)c3ccccc3)c2C)cc1. The van der Waals surface area contributed by atoms with Crippen LogP contribution in [0.2, 0.25) is 0 Å². The van der Waals surface area contributed by atoms with Crippen LogP contribution in [-0.2, 0) is 19.9 Å².